The highest BCUT2D eigenvalue weighted by atomic mass is 16.5. The van der Waals surface area contributed by atoms with Gasteiger partial charge in [0.15, 0.2) is 5.78 Å². The van der Waals surface area contributed by atoms with Crippen molar-refractivity contribution in [1.82, 2.24) is 10.2 Å². The van der Waals surface area contributed by atoms with Gasteiger partial charge in [-0.1, -0.05) is 49.4 Å². The van der Waals surface area contributed by atoms with Gasteiger partial charge in [0, 0.05) is 24.6 Å². The van der Waals surface area contributed by atoms with Crippen LogP contribution in [0, 0.1) is 11.8 Å². The van der Waals surface area contributed by atoms with E-state index in [9.17, 15) is 14.7 Å². The molecule has 0 bridgehead atoms. The van der Waals surface area contributed by atoms with Crippen LogP contribution in [0.4, 0.5) is 0 Å². The van der Waals surface area contributed by atoms with Crippen molar-refractivity contribution < 1.29 is 19.4 Å². The van der Waals surface area contributed by atoms with Gasteiger partial charge in [-0.25, -0.2) is 0 Å². The number of Topliss-reactive ketones (excluding diaryl/α,β-unsaturated/α-hetero) is 1. The van der Waals surface area contributed by atoms with E-state index in [0.29, 0.717) is 25.1 Å². The standard InChI is InChI=1S/C27H36N2O4/c1-4-33-25(31)18-28-17-21(26(32)20-9-6-5-7-10-20)15-23-19-29(3)14-13-27(23,2)22-11-8-12-24(30)16-22/h5-12,16,21,23,28,30H,4,13-15,17-19H2,1-3H3/t21-,23?,27?/m1/s1. The van der Waals surface area contributed by atoms with Gasteiger partial charge in [-0.05, 0) is 62.4 Å². The number of piperidine rings is 1. The molecule has 1 aliphatic heterocycles. The summed E-state index contributed by atoms with van der Waals surface area (Å²) in [5.41, 5.74) is 1.62. The molecule has 0 aromatic heterocycles. The molecule has 178 valence electrons. The van der Waals surface area contributed by atoms with Crippen LogP contribution in [-0.2, 0) is 14.9 Å². The van der Waals surface area contributed by atoms with Crippen LogP contribution in [0.25, 0.3) is 0 Å². The molecule has 6 heteroatoms. The Morgan fingerprint density at radius 2 is 1.97 bits per heavy atom. The summed E-state index contributed by atoms with van der Waals surface area (Å²) in [6.45, 7) is 6.67. The number of ether oxygens (including phenoxy) is 1. The van der Waals surface area contributed by atoms with Crippen molar-refractivity contribution in [2.24, 2.45) is 11.8 Å². The first-order valence-electron chi connectivity index (χ1n) is 11.8. The summed E-state index contributed by atoms with van der Waals surface area (Å²) in [4.78, 5) is 27.6. The molecule has 1 saturated heterocycles. The van der Waals surface area contributed by atoms with E-state index < -0.39 is 0 Å². The Morgan fingerprint density at radius 3 is 2.67 bits per heavy atom. The molecule has 0 amide bonds. The van der Waals surface area contributed by atoms with Crippen molar-refractivity contribution in [3.8, 4) is 5.75 Å². The number of benzene rings is 2. The average molecular weight is 453 g/mol. The van der Waals surface area contributed by atoms with Crippen LogP contribution < -0.4 is 5.32 Å². The van der Waals surface area contributed by atoms with Gasteiger partial charge in [0.1, 0.15) is 5.75 Å². The smallest absolute Gasteiger partial charge is 0.319 e. The summed E-state index contributed by atoms with van der Waals surface area (Å²) >= 11 is 0. The number of carbonyl (C=O) groups is 2. The quantitative estimate of drug-likeness (QED) is 0.423. The van der Waals surface area contributed by atoms with E-state index in [0.717, 1.165) is 25.1 Å². The van der Waals surface area contributed by atoms with E-state index >= 15 is 0 Å². The Morgan fingerprint density at radius 1 is 1.21 bits per heavy atom. The number of carbonyl (C=O) groups excluding carboxylic acids is 2. The Bertz CT molecular complexity index is 933. The van der Waals surface area contributed by atoms with E-state index in [1.165, 1.54) is 0 Å². The van der Waals surface area contributed by atoms with E-state index in [-0.39, 0.29) is 41.3 Å². The summed E-state index contributed by atoms with van der Waals surface area (Å²) in [7, 11) is 2.11. The summed E-state index contributed by atoms with van der Waals surface area (Å²) in [5.74, 6) is -0.0432. The second-order valence-electron chi connectivity index (χ2n) is 9.28. The zero-order valence-corrected chi connectivity index (χ0v) is 19.9. The van der Waals surface area contributed by atoms with E-state index in [2.05, 4.69) is 30.3 Å². The molecule has 0 spiro atoms. The van der Waals surface area contributed by atoms with Gasteiger partial charge >= 0.3 is 5.97 Å². The van der Waals surface area contributed by atoms with Crippen LogP contribution in [0.15, 0.2) is 54.6 Å². The molecule has 2 aromatic carbocycles. The molecule has 2 unspecified atom stereocenters. The highest BCUT2D eigenvalue weighted by Crippen LogP contribution is 2.43. The third-order valence-electron chi connectivity index (χ3n) is 6.92. The fourth-order valence-corrected chi connectivity index (χ4v) is 4.90. The lowest BCUT2D eigenvalue weighted by Gasteiger charge is -2.46. The SMILES string of the molecule is CCOC(=O)CNC[C@@H](CC1CN(C)CCC1(C)c1cccc(O)c1)C(=O)c1ccccc1. The third kappa shape index (κ3) is 6.42. The monoisotopic (exact) mass is 452 g/mol. The van der Waals surface area contributed by atoms with Crippen LogP contribution in [-0.4, -0.2) is 61.6 Å². The van der Waals surface area contributed by atoms with Gasteiger partial charge in [-0.15, -0.1) is 0 Å². The summed E-state index contributed by atoms with van der Waals surface area (Å²) in [5, 5.41) is 13.3. The lowest BCUT2D eigenvalue weighted by atomic mass is 9.64. The molecule has 0 radical (unpaired) electrons. The number of nitrogens with zero attached hydrogens (tertiary/aromatic N) is 1. The third-order valence-corrected chi connectivity index (χ3v) is 6.92. The molecule has 1 heterocycles. The Labute approximate surface area is 196 Å². The first kappa shape index (κ1) is 24.9. The maximum absolute atomic E-state index is 13.5. The van der Waals surface area contributed by atoms with Crippen molar-refractivity contribution in [3.63, 3.8) is 0 Å². The molecule has 0 aliphatic carbocycles. The maximum Gasteiger partial charge on any atom is 0.319 e. The number of rotatable bonds is 10. The average Bonchev–Trinajstić information content (AvgIpc) is 2.81. The van der Waals surface area contributed by atoms with Crippen LogP contribution in [0.2, 0.25) is 0 Å². The first-order valence-corrected chi connectivity index (χ1v) is 11.8. The summed E-state index contributed by atoms with van der Waals surface area (Å²) < 4.78 is 5.02. The van der Waals surface area contributed by atoms with Gasteiger partial charge in [-0.2, -0.15) is 0 Å². The number of aromatic hydroxyl groups is 1. The van der Waals surface area contributed by atoms with E-state index in [4.69, 9.17) is 4.74 Å². The highest BCUT2D eigenvalue weighted by molar-refractivity contribution is 5.98. The van der Waals surface area contributed by atoms with Crippen LogP contribution in [0.5, 0.6) is 5.75 Å². The maximum atomic E-state index is 13.5. The number of nitrogens with one attached hydrogen (secondary N) is 1. The van der Waals surface area contributed by atoms with Crippen molar-refractivity contribution in [2.75, 3.05) is 39.8 Å². The minimum atomic E-state index is -0.314. The fourth-order valence-electron chi connectivity index (χ4n) is 4.90. The Kier molecular flexibility index (Phi) is 8.64. The highest BCUT2D eigenvalue weighted by Gasteiger charge is 2.41. The minimum Gasteiger partial charge on any atom is -0.508 e. The number of hydrogen-bond donors (Lipinski definition) is 2. The largest absolute Gasteiger partial charge is 0.508 e. The van der Waals surface area contributed by atoms with Crippen molar-refractivity contribution in [1.29, 1.82) is 0 Å². The number of esters is 1. The Hall–Kier alpha value is -2.70. The molecule has 0 saturated carbocycles. The molecule has 2 aromatic rings. The number of likely N-dealkylation sites (tertiary alicyclic amines) is 1. The number of phenols is 1. The lowest BCUT2D eigenvalue weighted by Crippen LogP contribution is -2.49. The van der Waals surface area contributed by atoms with Gasteiger partial charge in [-0.3, -0.25) is 9.59 Å². The summed E-state index contributed by atoms with van der Waals surface area (Å²) in [6, 6.07) is 16.9. The molecular formula is C27H36N2O4. The second kappa shape index (κ2) is 11.4. The molecule has 3 atom stereocenters. The van der Waals surface area contributed by atoms with Crippen molar-refractivity contribution >= 4 is 11.8 Å². The predicted molar refractivity (Wildman–Crippen MR) is 129 cm³/mol. The zero-order valence-electron chi connectivity index (χ0n) is 19.9. The zero-order chi connectivity index (χ0) is 23.8. The topological polar surface area (TPSA) is 78.9 Å². The van der Waals surface area contributed by atoms with Crippen molar-refractivity contribution in [2.45, 2.75) is 32.1 Å². The molecule has 2 N–H and O–H groups in total. The van der Waals surface area contributed by atoms with E-state index in [1.54, 1.807) is 13.0 Å². The normalized spacial score (nSPS) is 22.0. The first-order chi connectivity index (χ1) is 15.8. The number of hydrogen-bond acceptors (Lipinski definition) is 6. The van der Waals surface area contributed by atoms with Gasteiger partial charge < -0.3 is 20.1 Å². The molecule has 6 nitrogen and oxygen atoms in total. The van der Waals surface area contributed by atoms with Crippen LogP contribution >= 0.6 is 0 Å². The summed E-state index contributed by atoms with van der Waals surface area (Å²) in [6.07, 6.45) is 1.63. The second-order valence-corrected chi connectivity index (χ2v) is 9.28. The number of phenolic OH excluding ortho intramolecular Hbond substituents is 1. The van der Waals surface area contributed by atoms with Gasteiger partial charge in [0.2, 0.25) is 0 Å². The molecule has 3 rings (SSSR count). The minimum absolute atomic E-state index is 0.0819. The molecular weight excluding hydrogens is 416 g/mol. The molecule has 33 heavy (non-hydrogen) atoms. The van der Waals surface area contributed by atoms with E-state index in [1.807, 2.05) is 42.5 Å². The van der Waals surface area contributed by atoms with Crippen LogP contribution in [0.1, 0.15) is 42.6 Å². The van der Waals surface area contributed by atoms with Crippen molar-refractivity contribution in [3.05, 3.63) is 65.7 Å². The van der Waals surface area contributed by atoms with Gasteiger partial charge in [0.25, 0.3) is 0 Å². The fraction of sp³-hybridized carbons (Fsp3) is 0.481. The molecule has 1 aliphatic rings. The Balaban J connectivity index is 1.84. The lowest BCUT2D eigenvalue weighted by molar-refractivity contribution is -0.142. The number of ketones is 1. The molecule has 1 fully saturated rings. The van der Waals surface area contributed by atoms with Gasteiger partial charge in [0.05, 0.1) is 13.2 Å². The predicted octanol–water partition coefficient (Wildman–Crippen LogP) is 3.64. The van der Waals surface area contributed by atoms with Crippen LogP contribution in [0.3, 0.4) is 0 Å².